The van der Waals surface area contributed by atoms with Crippen molar-refractivity contribution in [1.29, 1.82) is 0 Å². The molecule has 48 heavy (non-hydrogen) atoms. The Bertz CT molecular complexity index is 2130. The van der Waals surface area contributed by atoms with Crippen LogP contribution in [0.5, 0.6) is 0 Å². The van der Waals surface area contributed by atoms with Crippen LogP contribution in [0, 0.1) is 12.7 Å². The van der Waals surface area contributed by atoms with E-state index in [9.17, 15) is 19.2 Å². The van der Waals surface area contributed by atoms with Gasteiger partial charge in [-0.3, -0.25) is 29.3 Å². The lowest BCUT2D eigenvalue weighted by Crippen LogP contribution is -2.36. The van der Waals surface area contributed by atoms with Crippen LogP contribution in [0.15, 0.2) is 52.2 Å². The van der Waals surface area contributed by atoms with E-state index in [-0.39, 0.29) is 29.5 Å². The second-order valence-corrected chi connectivity index (χ2v) is 13.5. The highest BCUT2D eigenvalue weighted by Crippen LogP contribution is 2.34. The summed E-state index contributed by atoms with van der Waals surface area (Å²) in [5.41, 5.74) is -0.831. The lowest BCUT2D eigenvalue weighted by molar-refractivity contribution is -0.124. The fourth-order valence-corrected chi connectivity index (χ4v) is 6.28. The third-order valence-corrected chi connectivity index (χ3v) is 8.52. The van der Waals surface area contributed by atoms with Crippen molar-refractivity contribution in [3.63, 3.8) is 0 Å². The van der Waals surface area contributed by atoms with Crippen LogP contribution in [-0.4, -0.2) is 48.2 Å². The normalized spacial score (nSPS) is 15.6. The number of anilines is 2. The highest BCUT2D eigenvalue weighted by molar-refractivity contribution is 7.19. The Kier molecular flexibility index (Phi) is 8.51. The van der Waals surface area contributed by atoms with Crippen molar-refractivity contribution in [2.45, 2.75) is 65.1 Å². The highest BCUT2D eigenvalue weighted by Gasteiger charge is 2.36. The van der Waals surface area contributed by atoms with E-state index < -0.39 is 46.7 Å². The van der Waals surface area contributed by atoms with Crippen molar-refractivity contribution in [2.24, 2.45) is 0 Å². The molecule has 0 saturated carbocycles. The molecular formula is C32H31FN8O6S. The predicted octanol–water partition coefficient (Wildman–Crippen LogP) is 5.31. The van der Waals surface area contributed by atoms with E-state index in [1.807, 2.05) is 13.0 Å². The van der Waals surface area contributed by atoms with Gasteiger partial charge in [0.05, 0.1) is 18.4 Å². The van der Waals surface area contributed by atoms with Crippen LogP contribution in [0.4, 0.5) is 20.7 Å². The number of carbonyl (C=O) groups is 3. The summed E-state index contributed by atoms with van der Waals surface area (Å²) in [4.78, 5) is 65.5. The van der Waals surface area contributed by atoms with E-state index >= 15 is 4.39 Å². The monoisotopic (exact) mass is 674 g/mol. The van der Waals surface area contributed by atoms with Gasteiger partial charge in [-0.1, -0.05) is 12.1 Å². The molecule has 3 amide bonds. The largest absolute Gasteiger partial charge is 0.444 e. The summed E-state index contributed by atoms with van der Waals surface area (Å²) in [5, 5.41) is 12.3. The number of hydrogen-bond acceptors (Lipinski definition) is 11. The Hall–Kier alpha value is -5.51. The molecule has 2 atom stereocenters. The molecule has 1 aliphatic heterocycles. The number of nitrogens with zero attached hydrogens (tertiary/aromatic N) is 5. The van der Waals surface area contributed by atoms with Crippen molar-refractivity contribution in [1.82, 2.24) is 30.0 Å². The molecular weight excluding hydrogens is 643 g/mol. The van der Waals surface area contributed by atoms with Gasteiger partial charge in [0.25, 0.3) is 17.2 Å². The molecule has 3 N–H and O–H groups in total. The van der Waals surface area contributed by atoms with Gasteiger partial charge < -0.3 is 19.9 Å². The van der Waals surface area contributed by atoms with Crippen molar-refractivity contribution >= 4 is 50.8 Å². The van der Waals surface area contributed by atoms with E-state index in [0.29, 0.717) is 18.1 Å². The number of pyridine rings is 2. The average Bonchev–Trinajstić information content (AvgIpc) is 3.71. The second-order valence-electron chi connectivity index (χ2n) is 12.4. The molecule has 6 heterocycles. The van der Waals surface area contributed by atoms with Gasteiger partial charge in [0.2, 0.25) is 11.7 Å². The third kappa shape index (κ3) is 6.64. The number of rotatable bonds is 7. The van der Waals surface area contributed by atoms with Crippen molar-refractivity contribution in [2.75, 3.05) is 10.6 Å². The molecule has 0 aromatic carbocycles. The van der Waals surface area contributed by atoms with Crippen molar-refractivity contribution < 1.29 is 28.0 Å². The zero-order valence-electron chi connectivity index (χ0n) is 26.6. The van der Waals surface area contributed by atoms with Gasteiger partial charge in [-0.05, 0) is 63.9 Å². The first kappa shape index (κ1) is 32.4. The molecule has 0 radical (unpaired) electrons. The molecule has 1 aliphatic rings. The number of aromatic nitrogens is 5. The maximum absolute atomic E-state index is 15.1. The molecule has 14 nitrogen and oxygen atoms in total. The van der Waals surface area contributed by atoms with Gasteiger partial charge >= 0.3 is 6.09 Å². The number of hydrogen-bond donors (Lipinski definition) is 3. The molecule has 0 aliphatic carbocycles. The predicted molar refractivity (Wildman–Crippen MR) is 174 cm³/mol. The van der Waals surface area contributed by atoms with E-state index in [1.54, 1.807) is 52.1 Å². The van der Waals surface area contributed by atoms with E-state index in [1.165, 1.54) is 28.3 Å². The summed E-state index contributed by atoms with van der Waals surface area (Å²) in [6.07, 6.45) is 3.96. The molecule has 0 spiro atoms. The number of ether oxygens (including phenoxy) is 1. The lowest BCUT2D eigenvalue weighted by Gasteiger charge is -2.19. The fraction of sp³-hybridized carbons (Fsp3) is 0.312. The Labute approximate surface area is 276 Å². The summed E-state index contributed by atoms with van der Waals surface area (Å²) in [5.74, 6) is -2.72. The van der Waals surface area contributed by atoms with Gasteiger partial charge in [0.1, 0.15) is 29.0 Å². The van der Waals surface area contributed by atoms with Crippen LogP contribution in [0.1, 0.15) is 72.9 Å². The quantitative estimate of drug-likeness (QED) is 0.204. The minimum atomic E-state index is -1.05. The Morgan fingerprint density at radius 1 is 1.12 bits per heavy atom. The van der Waals surface area contributed by atoms with Crippen LogP contribution < -0.4 is 21.5 Å². The minimum absolute atomic E-state index is 0.175. The van der Waals surface area contributed by atoms with Gasteiger partial charge in [0.15, 0.2) is 5.69 Å². The van der Waals surface area contributed by atoms with E-state index in [2.05, 4.69) is 36.1 Å². The summed E-state index contributed by atoms with van der Waals surface area (Å²) in [7, 11) is 0. The van der Waals surface area contributed by atoms with Gasteiger partial charge in [-0.2, -0.15) is 4.39 Å². The molecule has 0 unspecified atom stereocenters. The zero-order chi connectivity index (χ0) is 34.3. The van der Waals surface area contributed by atoms with Crippen LogP contribution in [0.3, 0.4) is 0 Å². The highest BCUT2D eigenvalue weighted by atomic mass is 32.1. The van der Waals surface area contributed by atoms with Crippen LogP contribution in [-0.2, 0) is 16.1 Å². The number of thiophene rings is 1. The summed E-state index contributed by atoms with van der Waals surface area (Å²) < 4.78 is 27.5. The molecule has 0 fully saturated rings. The molecule has 0 saturated heterocycles. The lowest BCUT2D eigenvalue weighted by atomic mass is 10.1. The fourth-order valence-electron chi connectivity index (χ4n) is 5.27. The topological polar surface area (TPSA) is 183 Å². The minimum Gasteiger partial charge on any atom is -0.444 e. The first-order chi connectivity index (χ1) is 22.8. The van der Waals surface area contributed by atoms with Crippen LogP contribution in [0.2, 0.25) is 0 Å². The summed E-state index contributed by atoms with van der Waals surface area (Å²) >= 11 is 1.41. The second kappa shape index (κ2) is 12.6. The maximum atomic E-state index is 15.1. The molecule has 248 valence electrons. The van der Waals surface area contributed by atoms with Crippen molar-refractivity contribution in [3.8, 4) is 11.4 Å². The number of aryl methyl sites for hydroxylation is 1. The van der Waals surface area contributed by atoms with Crippen LogP contribution >= 0.6 is 11.3 Å². The average molecular weight is 675 g/mol. The Balaban J connectivity index is 1.15. The number of carbonyl (C=O) groups excluding carboxylic acids is 3. The molecule has 5 aromatic heterocycles. The SMILES string of the molecule is Cc1ccnc(-c2noc(C(=O)Nc3cnc4n(c3=O)[C@H](C(=O)NCc3cc5cnc(NC(=O)OC(C)(C)C)cc5s3)C[C@H]4C)c2F)c1. The smallest absolute Gasteiger partial charge is 0.413 e. The molecule has 5 aromatic rings. The summed E-state index contributed by atoms with van der Waals surface area (Å²) in [6.45, 7) is 9.11. The standard InChI is InChI=1S/C32H31FN8O6S/c1-15-6-7-34-19(8-15)25-24(33)26(47-40-25)29(43)38-20-14-36-27-16(2)9-21(41(27)30(20)44)28(42)37-13-18-10-17-12-35-23(11-22(17)48-18)39-31(45)46-32(3,4)5/h6-8,10-12,14,16,21H,9,13H2,1-5H3,(H,37,42)(H,38,43)(H,35,39,45)/t16-,21+/m1/s1. The van der Waals surface area contributed by atoms with E-state index in [0.717, 1.165) is 20.5 Å². The first-order valence-corrected chi connectivity index (χ1v) is 15.8. The van der Waals surface area contributed by atoms with Gasteiger partial charge in [-0.25, -0.2) is 14.8 Å². The zero-order valence-corrected chi connectivity index (χ0v) is 27.4. The Morgan fingerprint density at radius 3 is 2.67 bits per heavy atom. The molecule has 6 rings (SSSR count). The molecule has 0 bridgehead atoms. The Morgan fingerprint density at radius 2 is 1.92 bits per heavy atom. The number of nitrogens with one attached hydrogen (secondary N) is 3. The van der Waals surface area contributed by atoms with Gasteiger partial charge in [0, 0.05) is 33.3 Å². The van der Waals surface area contributed by atoms with Crippen molar-refractivity contribution in [3.05, 3.63) is 81.1 Å². The maximum Gasteiger partial charge on any atom is 0.413 e. The third-order valence-electron chi connectivity index (χ3n) is 7.42. The summed E-state index contributed by atoms with van der Waals surface area (Å²) in [6, 6.07) is 6.01. The number of halogens is 1. The first-order valence-electron chi connectivity index (χ1n) is 14.9. The van der Waals surface area contributed by atoms with E-state index in [4.69, 9.17) is 9.26 Å². The number of fused-ring (bicyclic) bond motifs is 2. The van der Waals surface area contributed by atoms with Gasteiger partial charge in [-0.15, -0.1) is 11.3 Å². The van der Waals surface area contributed by atoms with Crippen LogP contribution in [0.25, 0.3) is 21.5 Å². The molecule has 16 heteroatoms. The number of amides is 3.